The first-order valence-electron chi connectivity index (χ1n) is 14.0. The Balaban J connectivity index is 1.36. The number of anilines is 2. The summed E-state index contributed by atoms with van der Waals surface area (Å²) >= 11 is 0. The van der Waals surface area contributed by atoms with Gasteiger partial charge in [0.2, 0.25) is 0 Å². The third kappa shape index (κ3) is 6.22. The molecule has 0 saturated carbocycles. The maximum Gasteiger partial charge on any atom is 0.138 e. The van der Waals surface area contributed by atoms with Crippen LogP contribution in [0.25, 0.3) is 33.5 Å². The van der Waals surface area contributed by atoms with Crippen molar-refractivity contribution in [2.75, 3.05) is 11.5 Å². The van der Waals surface area contributed by atoms with Crippen LogP contribution in [0.1, 0.15) is 45.2 Å². The molecule has 0 radical (unpaired) electrons. The molecule has 5 aromatic rings. The van der Waals surface area contributed by atoms with Crippen LogP contribution in [0.4, 0.5) is 22.7 Å². The highest BCUT2D eigenvalue weighted by Gasteiger charge is 2.21. The molecule has 0 aliphatic rings. The van der Waals surface area contributed by atoms with Crippen molar-refractivity contribution in [3.8, 4) is 22.5 Å². The van der Waals surface area contributed by atoms with Crippen LogP contribution >= 0.6 is 0 Å². The fraction of sp³-hybridized carbons (Fsp3) is 0.229. The Hall–Kier alpha value is -4.71. The van der Waals surface area contributed by atoms with Gasteiger partial charge in [0.25, 0.3) is 0 Å². The second kappa shape index (κ2) is 11.4. The highest BCUT2D eigenvalue weighted by Crippen LogP contribution is 2.34. The van der Waals surface area contributed by atoms with E-state index in [1.165, 1.54) is 11.1 Å². The summed E-state index contributed by atoms with van der Waals surface area (Å²) in [5.41, 5.74) is 22.7. The number of aryl methyl sites for hydroxylation is 1. The zero-order chi connectivity index (χ0) is 29.1. The lowest BCUT2D eigenvalue weighted by atomic mass is 9.79. The van der Waals surface area contributed by atoms with E-state index in [0.29, 0.717) is 23.0 Å². The van der Waals surface area contributed by atoms with Crippen LogP contribution in [0.5, 0.6) is 0 Å². The average molecular weight is 543 g/mol. The molecule has 6 nitrogen and oxygen atoms in total. The molecule has 0 spiro atoms. The molecule has 0 bridgehead atoms. The summed E-state index contributed by atoms with van der Waals surface area (Å²) in [5, 5.41) is 0. The zero-order valence-corrected chi connectivity index (χ0v) is 24.3. The minimum absolute atomic E-state index is 0.0374. The van der Waals surface area contributed by atoms with Crippen molar-refractivity contribution >= 4 is 46.7 Å². The van der Waals surface area contributed by atoms with Gasteiger partial charge in [-0.2, -0.15) is 0 Å². The Bertz CT molecular complexity index is 1740. The predicted octanol–water partition coefficient (Wildman–Crippen LogP) is 8.66. The summed E-state index contributed by atoms with van der Waals surface area (Å²) in [6.07, 6.45) is 3.86. The number of benzene rings is 4. The Morgan fingerprint density at radius 1 is 0.878 bits per heavy atom. The Kier molecular flexibility index (Phi) is 7.75. The van der Waals surface area contributed by atoms with E-state index in [-0.39, 0.29) is 5.41 Å². The molecule has 6 heteroatoms. The maximum absolute atomic E-state index is 6.17. The largest absolute Gasteiger partial charge is 0.397 e. The number of nitrogens with one attached hydrogen (secondary N) is 1. The van der Waals surface area contributed by atoms with E-state index < -0.39 is 0 Å². The van der Waals surface area contributed by atoms with E-state index in [4.69, 9.17) is 16.5 Å². The lowest BCUT2D eigenvalue weighted by Gasteiger charge is -2.26. The van der Waals surface area contributed by atoms with Gasteiger partial charge in [-0.15, -0.1) is 0 Å². The van der Waals surface area contributed by atoms with Crippen molar-refractivity contribution in [2.24, 2.45) is 15.9 Å². The van der Waals surface area contributed by atoms with E-state index in [1.54, 1.807) is 0 Å². The molecule has 0 saturated heterocycles. The summed E-state index contributed by atoms with van der Waals surface area (Å²) in [5.74, 6) is 1.23. The van der Waals surface area contributed by atoms with Gasteiger partial charge in [0.15, 0.2) is 0 Å². The lowest BCUT2D eigenvalue weighted by Crippen LogP contribution is -2.18. The number of hydrogen-bond donors (Lipinski definition) is 3. The number of fused-ring (bicyclic) bond motifs is 1. The van der Waals surface area contributed by atoms with Crippen molar-refractivity contribution in [3.63, 3.8) is 0 Å². The third-order valence-corrected chi connectivity index (χ3v) is 7.58. The summed E-state index contributed by atoms with van der Waals surface area (Å²) in [6, 6.07) is 26.9. The highest BCUT2D eigenvalue weighted by atomic mass is 14.9. The Labute approximate surface area is 242 Å². The summed E-state index contributed by atoms with van der Waals surface area (Å²) in [4.78, 5) is 17.0. The Morgan fingerprint density at radius 3 is 2.41 bits per heavy atom. The number of aliphatic imine (C=N–C) groups is 2. The van der Waals surface area contributed by atoms with Crippen LogP contribution in [0, 0.1) is 5.92 Å². The van der Waals surface area contributed by atoms with Gasteiger partial charge >= 0.3 is 0 Å². The van der Waals surface area contributed by atoms with E-state index in [1.807, 2.05) is 30.5 Å². The third-order valence-electron chi connectivity index (χ3n) is 7.58. The molecule has 0 atom stereocenters. The van der Waals surface area contributed by atoms with Gasteiger partial charge in [0.05, 0.1) is 33.8 Å². The fourth-order valence-corrected chi connectivity index (χ4v) is 4.97. The molecule has 5 rings (SSSR count). The smallest absolute Gasteiger partial charge is 0.138 e. The lowest BCUT2D eigenvalue weighted by molar-refractivity contribution is 0.480. The van der Waals surface area contributed by atoms with Gasteiger partial charge in [-0.25, -0.2) is 4.98 Å². The molecule has 0 amide bonds. The molecule has 0 aliphatic heterocycles. The molecule has 1 heterocycles. The number of nitrogen functional groups attached to an aromatic ring is 2. The molecule has 0 unspecified atom stereocenters. The second-order valence-corrected chi connectivity index (χ2v) is 11.6. The molecule has 1 aromatic heterocycles. The van der Waals surface area contributed by atoms with Crippen LogP contribution < -0.4 is 11.5 Å². The zero-order valence-electron chi connectivity index (χ0n) is 24.3. The number of aromatic nitrogens is 2. The molecule has 0 fully saturated rings. The van der Waals surface area contributed by atoms with Crippen molar-refractivity contribution in [3.05, 3.63) is 90.0 Å². The molecular weight excluding hydrogens is 504 g/mol. The quantitative estimate of drug-likeness (QED) is 0.128. The average Bonchev–Trinajstić information content (AvgIpc) is 3.40. The summed E-state index contributed by atoms with van der Waals surface area (Å²) < 4.78 is 0. The molecule has 0 aliphatic carbocycles. The van der Waals surface area contributed by atoms with Crippen LogP contribution in [-0.2, 0) is 11.8 Å². The summed E-state index contributed by atoms with van der Waals surface area (Å²) in [7, 11) is 0. The first-order chi connectivity index (χ1) is 19.6. The topological polar surface area (TPSA) is 105 Å². The number of rotatable bonds is 9. The van der Waals surface area contributed by atoms with Crippen LogP contribution in [0.3, 0.4) is 0 Å². The highest BCUT2D eigenvalue weighted by molar-refractivity contribution is 5.86. The SMILES string of the molecule is C=Nc1ccc(-c2ccc3[nH]c(-c4cccc(C(C)(C)CCc5ccc(N)c(/N=C/C(C)C)c5)c4)nc3c2)cc1N. The molecule has 208 valence electrons. The van der Waals surface area contributed by atoms with Gasteiger partial charge in [-0.05, 0) is 95.6 Å². The molecule has 5 N–H and O–H groups in total. The summed E-state index contributed by atoms with van der Waals surface area (Å²) in [6.45, 7) is 12.4. The standard InChI is InChI=1S/C35H38N6/c1-22(2)21-39-32-17-23(9-12-28(32)36)15-16-35(3,4)27-8-6-7-26(18-27)34-40-31-14-11-25(20-33(31)41-34)24-10-13-30(38-5)29(37)19-24/h6-14,17-22H,5,15-16,36-37H2,1-4H3,(H,40,41)/b39-21+. The molecule has 4 aromatic carbocycles. The van der Waals surface area contributed by atoms with E-state index in [2.05, 4.69) is 104 Å². The number of H-pyrrole nitrogens is 1. The number of imidazole rings is 1. The van der Waals surface area contributed by atoms with Crippen molar-refractivity contribution < 1.29 is 0 Å². The van der Waals surface area contributed by atoms with Crippen molar-refractivity contribution in [1.29, 1.82) is 0 Å². The van der Waals surface area contributed by atoms with Crippen molar-refractivity contribution in [1.82, 2.24) is 9.97 Å². The van der Waals surface area contributed by atoms with Crippen molar-refractivity contribution in [2.45, 2.75) is 46.0 Å². The van der Waals surface area contributed by atoms with Gasteiger partial charge < -0.3 is 16.5 Å². The monoisotopic (exact) mass is 542 g/mol. The van der Waals surface area contributed by atoms with Gasteiger partial charge in [-0.1, -0.05) is 64.1 Å². The fourth-order valence-electron chi connectivity index (χ4n) is 4.97. The van der Waals surface area contributed by atoms with E-state index >= 15 is 0 Å². The number of hydrogen-bond acceptors (Lipinski definition) is 5. The van der Waals surface area contributed by atoms with E-state index in [9.17, 15) is 0 Å². The van der Waals surface area contributed by atoms with Gasteiger partial charge in [0, 0.05) is 11.8 Å². The first kappa shape index (κ1) is 27.8. The normalized spacial score (nSPS) is 12.0. The van der Waals surface area contributed by atoms with Gasteiger partial charge in [0.1, 0.15) is 5.82 Å². The number of aromatic amines is 1. The van der Waals surface area contributed by atoms with Crippen LogP contribution in [0.2, 0.25) is 0 Å². The molecule has 41 heavy (non-hydrogen) atoms. The Morgan fingerprint density at radius 2 is 1.66 bits per heavy atom. The molecular formula is C35H38N6. The second-order valence-electron chi connectivity index (χ2n) is 11.6. The minimum atomic E-state index is -0.0374. The maximum atomic E-state index is 6.17. The van der Waals surface area contributed by atoms with Crippen LogP contribution in [-0.4, -0.2) is 22.9 Å². The van der Waals surface area contributed by atoms with Crippen LogP contribution in [0.15, 0.2) is 88.8 Å². The first-order valence-corrected chi connectivity index (χ1v) is 14.0. The minimum Gasteiger partial charge on any atom is -0.397 e. The number of nitrogens with two attached hydrogens (primary N) is 2. The number of nitrogens with zero attached hydrogens (tertiary/aromatic N) is 3. The van der Waals surface area contributed by atoms with Gasteiger partial charge in [-0.3, -0.25) is 9.98 Å². The van der Waals surface area contributed by atoms with E-state index in [0.717, 1.165) is 52.1 Å². The predicted molar refractivity (Wildman–Crippen MR) is 176 cm³/mol.